The predicted molar refractivity (Wildman–Crippen MR) is 107 cm³/mol. The van der Waals surface area contributed by atoms with Crippen LogP contribution in [0.3, 0.4) is 0 Å². The molecule has 0 bridgehead atoms. The standard InChI is InChI=1S/C22H41NO/c1-4-5-6-7-8-9-10-11-12-13-14-15-16-17-18-19-21-23-22(2,3)20-24-21/h6-7H,4-5,8-20H2,1-3H3/b7-6-. The second-order valence-corrected chi connectivity index (χ2v) is 7.94. The van der Waals surface area contributed by atoms with Gasteiger partial charge in [-0.15, -0.1) is 0 Å². The van der Waals surface area contributed by atoms with Crippen molar-refractivity contribution >= 4 is 5.90 Å². The lowest BCUT2D eigenvalue weighted by atomic mass is 10.0. The van der Waals surface area contributed by atoms with Crippen LogP contribution in [-0.2, 0) is 4.74 Å². The Hall–Kier alpha value is -0.790. The molecule has 24 heavy (non-hydrogen) atoms. The fourth-order valence-corrected chi connectivity index (χ4v) is 3.15. The third kappa shape index (κ3) is 11.7. The van der Waals surface area contributed by atoms with E-state index in [1.54, 1.807) is 0 Å². The van der Waals surface area contributed by atoms with Gasteiger partial charge in [-0.25, -0.2) is 4.99 Å². The molecule has 0 fully saturated rings. The second-order valence-electron chi connectivity index (χ2n) is 7.94. The molecule has 2 nitrogen and oxygen atoms in total. The Labute approximate surface area is 151 Å². The van der Waals surface area contributed by atoms with Gasteiger partial charge in [0, 0.05) is 6.42 Å². The van der Waals surface area contributed by atoms with E-state index in [2.05, 4.69) is 37.9 Å². The largest absolute Gasteiger partial charge is 0.478 e. The lowest BCUT2D eigenvalue weighted by molar-refractivity contribution is 0.273. The SMILES string of the molecule is CCC/C=C\CCCCCCCCCCCCC1=NC(C)(C)CO1. The van der Waals surface area contributed by atoms with Crippen molar-refractivity contribution in [3.8, 4) is 0 Å². The van der Waals surface area contributed by atoms with Crippen LogP contribution in [-0.4, -0.2) is 18.0 Å². The Balaban J connectivity index is 1.77. The molecule has 1 aliphatic heterocycles. The topological polar surface area (TPSA) is 21.6 Å². The number of hydrogen-bond acceptors (Lipinski definition) is 2. The summed E-state index contributed by atoms with van der Waals surface area (Å²) in [5.41, 5.74) is 0.0150. The minimum atomic E-state index is 0.0150. The van der Waals surface area contributed by atoms with Crippen LogP contribution in [0.15, 0.2) is 17.1 Å². The normalized spacial score (nSPS) is 16.5. The van der Waals surface area contributed by atoms with E-state index in [1.165, 1.54) is 83.5 Å². The molecule has 0 saturated carbocycles. The highest BCUT2D eigenvalue weighted by atomic mass is 16.5. The molecular formula is C22H41NO. The van der Waals surface area contributed by atoms with E-state index < -0.39 is 0 Å². The molecule has 2 heteroatoms. The lowest BCUT2D eigenvalue weighted by Crippen LogP contribution is -2.17. The first-order chi connectivity index (χ1) is 11.6. The Morgan fingerprint density at radius 1 is 0.833 bits per heavy atom. The number of rotatable bonds is 15. The summed E-state index contributed by atoms with van der Waals surface area (Å²) < 4.78 is 5.63. The van der Waals surface area contributed by atoms with Gasteiger partial charge in [0.15, 0.2) is 5.90 Å². The van der Waals surface area contributed by atoms with Gasteiger partial charge in [-0.2, -0.15) is 0 Å². The van der Waals surface area contributed by atoms with Gasteiger partial charge in [0.25, 0.3) is 0 Å². The molecule has 0 aromatic heterocycles. The lowest BCUT2D eigenvalue weighted by Gasteiger charge is -2.07. The van der Waals surface area contributed by atoms with Crippen molar-refractivity contribution in [2.75, 3.05) is 6.61 Å². The van der Waals surface area contributed by atoms with Crippen LogP contribution >= 0.6 is 0 Å². The van der Waals surface area contributed by atoms with Crippen molar-refractivity contribution in [3.05, 3.63) is 12.2 Å². The van der Waals surface area contributed by atoms with E-state index in [9.17, 15) is 0 Å². The highest BCUT2D eigenvalue weighted by molar-refractivity contribution is 5.78. The molecule has 0 aromatic rings. The van der Waals surface area contributed by atoms with Crippen molar-refractivity contribution in [1.82, 2.24) is 0 Å². The summed E-state index contributed by atoms with van der Waals surface area (Å²) in [5.74, 6) is 0.990. The number of allylic oxidation sites excluding steroid dienone is 2. The minimum absolute atomic E-state index is 0.0150. The molecule has 0 unspecified atom stereocenters. The maximum absolute atomic E-state index is 5.63. The van der Waals surface area contributed by atoms with E-state index in [-0.39, 0.29) is 5.54 Å². The zero-order chi connectivity index (χ0) is 17.5. The summed E-state index contributed by atoms with van der Waals surface area (Å²) >= 11 is 0. The quantitative estimate of drug-likeness (QED) is 0.228. The maximum Gasteiger partial charge on any atom is 0.183 e. The first-order valence-electron chi connectivity index (χ1n) is 10.5. The summed E-state index contributed by atoms with van der Waals surface area (Å²) in [7, 11) is 0. The molecule has 0 atom stereocenters. The van der Waals surface area contributed by atoms with Crippen LogP contribution in [0, 0.1) is 0 Å². The second kappa shape index (κ2) is 13.5. The Kier molecular flexibility index (Phi) is 12.0. The first kappa shape index (κ1) is 21.3. The fourth-order valence-electron chi connectivity index (χ4n) is 3.15. The van der Waals surface area contributed by atoms with Crippen molar-refractivity contribution < 1.29 is 4.74 Å². The van der Waals surface area contributed by atoms with Crippen LogP contribution in [0.2, 0.25) is 0 Å². The van der Waals surface area contributed by atoms with Gasteiger partial charge in [-0.05, 0) is 39.5 Å². The van der Waals surface area contributed by atoms with E-state index in [0.29, 0.717) is 0 Å². The molecule has 0 amide bonds. The van der Waals surface area contributed by atoms with Gasteiger partial charge in [0.1, 0.15) is 6.61 Å². The molecule has 0 radical (unpaired) electrons. The average molecular weight is 336 g/mol. The molecule has 0 spiro atoms. The highest BCUT2D eigenvalue weighted by Crippen LogP contribution is 2.20. The smallest absolute Gasteiger partial charge is 0.183 e. The van der Waals surface area contributed by atoms with Crippen molar-refractivity contribution in [3.63, 3.8) is 0 Å². The molecular weight excluding hydrogens is 294 g/mol. The van der Waals surface area contributed by atoms with Crippen LogP contribution in [0.25, 0.3) is 0 Å². The summed E-state index contributed by atoms with van der Waals surface area (Å²) in [6, 6.07) is 0. The van der Waals surface area contributed by atoms with Gasteiger partial charge < -0.3 is 4.74 Å². The van der Waals surface area contributed by atoms with Gasteiger partial charge >= 0.3 is 0 Å². The number of nitrogens with zero attached hydrogens (tertiary/aromatic N) is 1. The summed E-state index contributed by atoms with van der Waals surface area (Å²) in [4.78, 5) is 4.61. The molecule has 140 valence electrons. The Morgan fingerprint density at radius 2 is 1.38 bits per heavy atom. The van der Waals surface area contributed by atoms with E-state index in [4.69, 9.17) is 4.74 Å². The number of unbranched alkanes of at least 4 members (excludes halogenated alkanes) is 11. The molecule has 0 aromatic carbocycles. The number of aliphatic imine (C=N–C) groups is 1. The van der Waals surface area contributed by atoms with Crippen LogP contribution in [0.1, 0.15) is 111 Å². The third-order valence-corrected chi connectivity index (χ3v) is 4.65. The van der Waals surface area contributed by atoms with Crippen molar-refractivity contribution in [2.45, 2.75) is 116 Å². The molecule has 0 aliphatic carbocycles. The minimum Gasteiger partial charge on any atom is -0.478 e. The average Bonchev–Trinajstić information content (AvgIpc) is 2.90. The van der Waals surface area contributed by atoms with Gasteiger partial charge in [0.05, 0.1) is 5.54 Å². The zero-order valence-electron chi connectivity index (χ0n) is 16.6. The first-order valence-corrected chi connectivity index (χ1v) is 10.5. The molecule has 1 aliphatic rings. The molecule has 0 N–H and O–H groups in total. The monoisotopic (exact) mass is 335 g/mol. The zero-order valence-corrected chi connectivity index (χ0v) is 16.6. The Bertz CT molecular complexity index is 357. The number of hydrogen-bond donors (Lipinski definition) is 0. The number of ether oxygens (including phenoxy) is 1. The van der Waals surface area contributed by atoms with Crippen LogP contribution < -0.4 is 0 Å². The van der Waals surface area contributed by atoms with E-state index in [0.717, 1.165) is 18.9 Å². The van der Waals surface area contributed by atoms with Crippen molar-refractivity contribution in [1.29, 1.82) is 0 Å². The molecule has 1 rings (SSSR count). The maximum atomic E-state index is 5.63. The molecule has 1 heterocycles. The van der Waals surface area contributed by atoms with Gasteiger partial charge in [-0.1, -0.05) is 76.9 Å². The van der Waals surface area contributed by atoms with Crippen molar-refractivity contribution in [2.24, 2.45) is 4.99 Å². The summed E-state index contributed by atoms with van der Waals surface area (Å²) in [5, 5.41) is 0. The summed E-state index contributed by atoms with van der Waals surface area (Å²) in [6.45, 7) is 7.29. The van der Waals surface area contributed by atoms with Gasteiger partial charge in [-0.3, -0.25) is 0 Å². The van der Waals surface area contributed by atoms with Gasteiger partial charge in [0.2, 0.25) is 0 Å². The predicted octanol–water partition coefficient (Wildman–Crippen LogP) is 7.23. The van der Waals surface area contributed by atoms with Crippen LogP contribution in [0.5, 0.6) is 0 Å². The fraction of sp³-hybridized carbons (Fsp3) is 0.864. The Morgan fingerprint density at radius 3 is 1.92 bits per heavy atom. The summed E-state index contributed by atoms with van der Waals surface area (Å²) in [6.07, 6.45) is 23.4. The third-order valence-electron chi connectivity index (χ3n) is 4.65. The molecule has 0 saturated heterocycles. The highest BCUT2D eigenvalue weighted by Gasteiger charge is 2.25. The van der Waals surface area contributed by atoms with Crippen LogP contribution in [0.4, 0.5) is 0 Å². The van der Waals surface area contributed by atoms with E-state index >= 15 is 0 Å². The van der Waals surface area contributed by atoms with E-state index in [1.807, 2.05) is 0 Å².